The SMILES string of the molecule is NC(=O)c1ccc2c(c1)nc(CC1(C3CC3)CCC(c3ccnc4ccc(F)cc34)CC1)n2C1CC(O)C1. The lowest BCUT2D eigenvalue weighted by atomic mass is 9.64. The van der Waals surface area contributed by atoms with Gasteiger partial charge in [0.1, 0.15) is 11.6 Å². The lowest BCUT2D eigenvalue weighted by Gasteiger charge is -2.42. The smallest absolute Gasteiger partial charge is 0.248 e. The molecule has 3 aliphatic carbocycles. The maximum Gasteiger partial charge on any atom is 0.248 e. The van der Waals surface area contributed by atoms with Crippen LogP contribution in [0.25, 0.3) is 21.9 Å². The van der Waals surface area contributed by atoms with Crippen LogP contribution in [0.1, 0.15) is 85.1 Å². The quantitative estimate of drug-likeness (QED) is 0.341. The first-order chi connectivity index (χ1) is 18.4. The fourth-order valence-electron chi connectivity index (χ4n) is 7.34. The number of fused-ring (bicyclic) bond motifs is 2. The number of aliphatic hydroxyl groups excluding tert-OH is 1. The molecule has 1 amide bonds. The largest absolute Gasteiger partial charge is 0.393 e. The van der Waals surface area contributed by atoms with Crippen LogP contribution in [0.15, 0.2) is 48.7 Å². The molecule has 3 fully saturated rings. The monoisotopic (exact) mass is 512 g/mol. The molecule has 38 heavy (non-hydrogen) atoms. The molecule has 2 aromatic carbocycles. The number of rotatable bonds is 6. The number of carbonyl (C=O) groups is 1. The van der Waals surface area contributed by atoms with Crippen LogP contribution in [0.4, 0.5) is 4.39 Å². The van der Waals surface area contributed by atoms with E-state index in [0.717, 1.165) is 72.7 Å². The molecule has 0 atom stereocenters. The number of aromatic nitrogens is 3. The molecule has 3 saturated carbocycles. The van der Waals surface area contributed by atoms with Gasteiger partial charge in [-0.15, -0.1) is 0 Å². The third-order valence-corrected chi connectivity index (χ3v) is 9.61. The van der Waals surface area contributed by atoms with Crippen molar-refractivity contribution in [1.82, 2.24) is 14.5 Å². The van der Waals surface area contributed by atoms with E-state index in [-0.39, 0.29) is 23.4 Å². The first kappa shape index (κ1) is 23.8. The third kappa shape index (κ3) is 3.99. The van der Waals surface area contributed by atoms with E-state index in [1.54, 1.807) is 24.3 Å². The minimum absolute atomic E-state index is 0.193. The van der Waals surface area contributed by atoms with Crippen LogP contribution in [0.2, 0.25) is 0 Å². The van der Waals surface area contributed by atoms with Crippen molar-refractivity contribution in [3.05, 3.63) is 71.4 Å². The highest BCUT2D eigenvalue weighted by Gasteiger charge is 2.48. The summed E-state index contributed by atoms with van der Waals surface area (Å²) in [5.41, 5.74) is 10.1. The van der Waals surface area contributed by atoms with Crippen molar-refractivity contribution in [1.29, 1.82) is 0 Å². The first-order valence-electron chi connectivity index (χ1n) is 13.9. The lowest BCUT2D eigenvalue weighted by molar-refractivity contribution is 0.0472. The van der Waals surface area contributed by atoms with Gasteiger partial charge in [-0.25, -0.2) is 9.37 Å². The third-order valence-electron chi connectivity index (χ3n) is 9.61. The average molecular weight is 513 g/mol. The Bertz CT molecular complexity index is 1540. The second kappa shape index (κ2) is 8.87. The van der Waals surface area contributed by atoms with Gasteiger partial charge in [-0.3, -0.25) is 9.78 Å². The van der Waals surface area contributed by atoms with E-state index < -0.39 is 5.91 Å². The summed E-state index contributed by atoms with van der Waals surface area (Å²) in [6, 6.07) is 12.8. The molecule has 7 rings (SSSR count). The van der Waals surface area contributed by atoms with Crippen molar-refractivity contribution >= 4 is 27.8 Å². The summed E-state index contributed by atoms with van der Waals surface area (Å²) in [4.78, 5) is 21.4. The second-order valence-corrected chi connectivity index (χ2v) is 11.9. The number of hydrogen-bond acceptors (Lipinski definition) is 4. The summed E-state index contributed by atoms with van der Waals surface area (Å²) in [5.74, 6) is 1.51. The van der Waals surface area contributed by atoms with Crippen LogP contribution >= 0.6 is 0 Å². The van der Waals surface area contributed by atoms with E-state index in [1.165, 1.54) is 24.5 Å². The molecule has 0 spiro atoms. The van der Waals surface area contributed by atoms with Crippen LogP contribution in [-0.2, 0) is 6.42 Å². The predicted octanol–water partition coefficient (Wildman–Crippen LogP) is 5.82. The highest BCUT2D eigenvalue weighted by Crippen LogP contribution is 2.58. The summed E-state index contributed by atoms with van der Waals surface area (Å²) in [5, 5.41) is 11.0. The second-order valence-electron chi connectivity index (χ2n) is 11.9. The molecular weight excluding hydrogens is 479 g/mol. The Labute approximate surface area is 221 Å². The predicted molar refractivity (Wildman–Crippen MR) is 144 cm³/mol. The normalized spacial score (nSPS) is 27.5. The van der Waals surface area contributed by atoms with Crippen LogP contribution in [-0.4, -0.2) is 31.7 Å². The topological polar surface area (TPSA) is 94.0 Å². The van der Waals surface area contributed by atoms with Crippen molar-refractivity contribution in [2.45, 2.75) is 75.9 Å². The van der Waals surface area contributed by atoms with Gasteiger partial charge in [0.05, 0.1) is 22.7 Å². The Balaban J connectivity index is 1.21. The Hall–Kier alpha value is -3.32. The molecule has 2 heterocycles. The molecule has 0 radical (unpaired) electrons. The zero-order chi connectivity index (χ0) is 26.0. The van der Waals surface area contributed by atoms with Gasteiger partial charge in [-0.2, -0.15) is 0 Å². The van der Waals surface area contributed by atoms with E-state index in [1.807, 2.05) is 12.3 Å². The van der Waals surface area contributed by atoms with Crippen molar-refractivity contribution in [2.75, 3.05) is 0 Å². The zero-order valence-corrected chi connectivity index (χ0v) is 21.4. The number of primary amides is 1. The fourth-order valence-corrected chi connectivity index (χ4v) is 7.34. The molecule has 3 N–H and O–H groups in total. The minimum atomic E-state index is -0.446. The summed E-state index contributed by atoms with van der Waals surface area (Å²) < 4.78 is 16.4. The van der Waals surface area contributed by atoms with E-state index in [0.29, 0.717) is 17.4 Å². The maximum absolute atomic E-state index is 14.1. The Morgan fingerprint density at radius 1 is 1.05 bits per heavy atom. The van der Waals surface area contributed by atoms with Gasteiger partial charge in [0, 0.05) is 29.6 Å². The molecule has 3 aliphatic rings. The average Bonchev–Trinajstić information content (AvgIpc) is 3.70. The Kier molecular flexibility index (Phi) is 5.55. The fraction of sp³-hybridized carbons (Fsp3) is 0.452. The highest BCUT2D eigenvalue weighted by atomic mass is 19.1. The molecule has 0 aliphatic heterocycles. The van der Waals surface area contributed by atoms with Gasteiger partial charge < -0.3 is 15.4 Å². The Morgan fingerprint density at radius 2 is 1.84 bits per heavy atom. The van der Waals surface area contributed by atoms with Gasteiger partial charge in [0.15, 0.2) is 0 Å². The Morgan fingerprint density at radius 3 is 2.55 bits per heavy atom. The summed E-state index contributed by atoms with van der Waals surface area (Å²) >= 11 is 0. The van der Waals surface area contributed by atoms with Crippen molar-refractivity contribution in [3.63, 3.8) is 0 Å². The summed E-state index contributed by atoms with van der Waals surface area (Å²) in [6.45, 7) is 0. The standard InChI is InChI=1S/C31H33FN4O2/c32-21-4-5-26-25(14-21)24(9-12-34-26)18-7-10-31(11-8-18,20-2-3-20)17-29-35-27-13-19(30(33)38)1-6-28(27)36(29)22-15-23(37)16-22/h1,4-6,9,12-14,18,20,22-23,37H,2-3,7-8,10-11,15-17H2,(H2,33,38). The number of amides is 1. The number of nitrogens with two attached hydrogens (primary N) is 1. The number of benzene rings is 2. The number of imidazole rings is 1. The van der Waals surface area contributed by atoms with Crippen LogP contribution in [0.3, 0.4) is 0 Å². The number of nitrogens with zero attached hydrogens (tertiary/aromatic N) is 3. The molecule has 6 nitrogen and oxygen atoms in total. The van der Waals surface area contributed by atoms with E-state index >= 15 is 0 Å². The molecule has 0 unspecified atom stereocenters. The molecule has 0 saturated heterocycles. The molecule has 0 bridgehead atoms. The van der Waals surface area contributed by atoms with Crippen LogP contribution in [0, 0.1) is 17.2 Å². The molecular formula is C31H33FN4O2. The first-order valence-corrected chi connectivity index (χ1v) is 13.9. The molecule has 7 heteroatoms. The van der Waals surface area contributed by atoms with Gasteiger partial charge >= 0.3 is 0 Å². The number of carbonyl (C=O) groups excluding carboxylic acids is 1. The van der Waals surface area contributed by atoms with Gasteiger partial charge in [0.25, 0.3) is 0 Å². The highest BCUT2D eigenvalue weighted by molar-refractivity contribution is 5.96. The van der Waals surface area contributed by atoms with Gasteiger partial charge in [0.2, 0.25) is 5.91 Å². The van der Waals surface area contributed by atoms with E-state index in [2.05, 4.69) is 15.6 Å². The van der Waals surface area contributed by atoms with E-state index in [4.69, 9.17) is 10.7 Å². The zero-order valence-electron chi connectivity index (χ0n) is 21.4. The van der Waals surface area contributed by atoms with Crippen molar-refractivity contribution < 1.29 is 14.3 Å². The lowest BCUT2D eigenvalue weighted by Crippen LogP contribution is -2.35. The maximum atomic E-state index is 14.1. The molecule has 4 aromatic rings. The van der Waals surface area contributed by atoms with Crippen molar-refractivity contribution in [2.24, 2.45) is 17.1 Å². The summed E-state index contributed by atoms with van der Waals surface area (Å²) in [6.07, 6.45) is 10.9. The molecule has 2 aromatic heterocycles. The summed E-state index contributed by atoms with van der Waals surface area (Å²) in [7, 11) is 0. The van der Waals surface area contributed by atoms with E-state index in [9.17, 15) is 14.3 Å². The number of halogens is 1. The number of aliphatic hydroxyl groups is 1. The molecule has 196 valence electrons. The van der Waals surface area contributed by atoms with Crippen molar-refractivity contribution in [3.8, 4) is 0 Å². The van der Waals surface area contributed by atoms with Gasteiger partial charge in [-0.1, -0.05) is 0 Å². The minimum Gasteiger partial charge on any atom is -0.393 e. The van der Waals surface area contributed by atoms with Crippen LogP contribution in [0.5, 0.6) is 0 Å². The van der Waals surface area contributed by atoms with Crippen LogP contribution < -0.4 is 5.73 Å². The number of pyridine rings is 1. The van der Waals surface area contributed by atoms with Gasteiger partial charge in [-0.05, 0) is 117 Å². The number of hydrogen-bond donors (Lipinski definition) is 2.